The van der Waals surface area contributed by atoms with Crippen molar-refractivity contribution in [3.63, 3.8) is 0 Å². The third kappa shape index (κ3) is 4.28. The molecule has 1 aromatic heterocycles. The molecule has 2 atom stereocenters. The van der Waals surface area contributed by atoms with Crippen LogP contribution in [0.25, 0.3) is 0 Å². The van der Waals surface area contributed by atoms with Crippen LogP contribution in [0.5, 0.6) is 0 Å². The van der Waals surface area contributed by atoms with Crippen molar-refractivity contribution in [2.45, 2.75) is 51.2 Å². The van der Waals surface area contributed by atoms with Crippen LogP contribution >= 0.6 is 0 Å². The van der Waals surface area contributed by atoms with Crippen molar-refractivity contribution in [3.8, 4) is 0 Å². The lowest BCUT2D eigenvalue weighted by Crippen LogP contribution is -2.53. The Morgan fingerprint density at radius 3 is 2.65 bits per heavy atom. The van der Waals surface area contributed by atoms with E-state index < -0.39 is 0 Å². The summed E-state index contributed by atoms with van der Waals surface area (Å²) in [5.74, 6) is 0.267. The first kappa shape index (κ1) is 16.8. The largest absolute Gasteiger partial charge is 0.391 e. The predicted molar refractivity (Wildman–Crippen MR) is 91.2 cm³/mol. The monoisotopic (exact) mass is 318 g/mol. The lowest BCUT2D eigenvalue weighted by atomic mass is 9.97. The zero-order chi connectivity index (χ0) is 16.3. The number of rotatable bonds is 5. The molecule has 128 valence electrons. The van der Waals surface area contributed by atoms with Crippen molar-refractivity contribution in [2.24, 2.45) is 5.92 Å². The Morgan fingerprint density at radius 1 is 1.17 bits per heavy atom. The molecule has 0 aromatic carbocycles. The van der Waals surface area contributed by atoms with Gasteiger partial charge in [-0.3, -0.25) is 19.8 Å². The molecule has 1 N–H and O–H groups in total. The fourth-order valence-corrected chi connectivity index (χ4v) is 4.12. The van der Waals surface area contributed by atoms with Crippen molar-refractivity contribution >= 4 is 0 Å². The molecule has 5 heteroatoms. The Hall–Kier alpha value is -1.04. The highest BCUT2D eigenvalue weighted by atomic mass is 16.3. The standard InChI is InChI=1S/C18H30N4O/c1-18(2,22-8-4-3-5-9-22)14-21-12-15(17(23)13-21)10-16-11-19-6-7-20-16/h6-7,11,15,17,23H,3-5,8-10,12-14H2,1-2H3/t15-,17-/m1/s1. The molecule has 0 saturated carbocycles. The number of aliphatic hydroxyl groups excluding tert-OH is 1. The van der Waals surface area contributed by atoms with Crippen LogP contribution in [0.4, 0.5) is 0 Å². The smallest absolute Gasteiger partial charge is 0.0711 e. The SMILES string of the molecule is CC(C)(CN1C[C@@H](Cc2cnccn2)[C@H](O)C1)N1CCCCC1. The van der Waals surface area contributed by atoms with Crippen LogP contribution in [-0.2, 0) is 6.42 Å². The summed E-state index contributed by atoms with van der Waals surface area (Å²) in [6.07, 6.45) is 9.81. The maximum atomic E-state index is 10.4. The average molecular weight is 318 g/mol. The third-order valence-electron chi connectivity index (χ3n) is 5.39. The lowest BCUT2D eigenvalue weighted by molar-refractivity contribution is 0.0602. The van der Waals surface area contributed by atoms with E-state index in [0.29, 0.717) is 0 Å². The van der Waals surface area contributed by atoms with Gasteiger partial charge in [0.25, 0.3) is 0 Å². The van der Waals surface area contributed by atoms with E-state index in [1.807, 2.05) is 6.20 Å². The van der Waals surface area contributed by atoms with Crippen molar-refractivity contribution in [2.75, 3.05) is 32.7 Å². The van der Waals surface area contributed by atoms with E-state index >= 15 is 0 Å². The molecule has 5 nitrogen and oxygen atoms in total. The van der Waals surface area contributed by atoms with Crippen LogP contribution in [0.15, 0.2) is 18.6 Å². The zero-order valence-corrected chi connectivity index (χ0v) is 14.5. The predicted octanol–water partition coefficient (Wildman–Crippen LogP) is 1.58. The number of aromatic nitrogens is 2. The number of nitrogens with zero attached hydrogens (tertiary/aromatic N) is 4. The van der Waals surface area contributed by atoms with Crippen LogP contribution < -0.4 is 0 Å². The number of piperidine rings is 1. The van der Waals surface area contributed by atoms with Gasteiger partial charge in [0.05, 0.1) is 11.8 Å². The van der Waals surface area contributed by atoms with Gasteiger partial charge >= 0.3 is 0 Å². The minimum Gasteiger partial charge on any atom is -0.391 e. The summed E-state index contributed by atoms with van der Waals surface area (Å²) < 4.78 is 0. The third-order valence-corrected chi connectivity index (χ3v) is 5.39. The quantitative estimate of drug-likeness (QED) is 0.893. The number of β-amino-alcohol motifs (C(OH)–C–C–N with tert-alkyl or cyclic N) is 1. The summed E-state index contributed by atoms with van der Waals surface area (Å²) in [4.78, 5) is 13.5. The van der Waals surface area contributed by atoms with Crippen LogP contribution in [0.3, 0.4) is 0 Å². The number of aliphatic hydroxyl groups is 1. The van der Waals surface area contributed by atoms with E-state index in [2.05, 4.69) is 33.6 Å². The molecule has 1 aromatic rings. The van der Waals surface area contributed by atoms with Gasteiger partial charge in [0.15, 0.2) is 0 Å². The summed E-state index contributed by atoms with van der Waals surface area (Å²) in [6, 6.07) is 0. The number of hydrogen-bond acceptors (Lipinski definition) is 5. The summed E-state index contributed by atoms with van der Waals surface area (Å²) in [5, 5.41) is 10.4. The number of likely N-dealkylation sites (tertiary alicyclic amines) is 2. The zero-order valence-electron chi connectivity index (χ0n) is 14.5. The highest BCUT2D eigenvalue weighted by Gasteiger charge is 2.36. The molecule has 0 aliphatic carbocycles. The number of hydrogen-bond donors (Lipinski definition) is 1. The molecule has 23 heavy (non-hydrogen) atoms. The van der Waals surface area contributed by atoms with Gasteiger partial charge in [-0.25, -0.2) is 0 Å². The van der Waals surface area contributed by atoms with E-state index in [1.165, 1.54) is 32.4 Å². The maximum absolute atomic E-state index is 10.4. The van der Waals surface area contributed by atoms with Crippen LogP contribution in [0.2, 0.25) is 0 Å². The summed E-state index contributed by atoms with van der Waals surface area (Å²) in [7, 11) is 0. The van der Waals surface area contributed by atoms with Gasteiger partial charge in [0, 0.05) is 49.7 Å². The van der Waals surface area contributed by atoms with E-state index in [9.17, 15) is 5.11 Å². The fraction of sp³-hybridized carbons (Fsp3) is 0.778. The molecule has 0 radical (unpaired) electrons. The van der Waals surface area contributed by atoms with Gasteiger partial charge in [-0.15, -0.1) is 0 Å². The maximum Gasteiger partial charge on any atom is 0.0711 e. The summed E-state index contributed by atoms with van der Waals surface area (Å²) in [6.45, 7) is 9.89. The highest BCUT2D eigenvalue weighted by Crippen LogP contribution is 2.26. The van der Waals surface area contributed by atoms with Gasteiger partial charge in [0.1, 0.15) is 0 Å². The molecule has 3 heterocycles. The molecular weight excluding hydrogens is 288 g/mol. The Balaban J connectivity index is 1.55. The minimum atomic E-state index is -0.255. The molecule has 2 aliphatic rings. The topological polar surface area (TPSA) is 52.5 Å². The van der Waals surface area contributed by atoms with Gasteiger partial charge < -0.3 is 5.11 Å². The normalized spacial score (nSPS) is 27.4. The molecule has 2 fully saturated rings. The molecule has 2 aliphatic heterocycles. The van der Waals surface area contributed by atoms with Crippen LogP contribution in [-0.4, -0.2) is 69.2 Å². The second-order valence-corrected chi connectivity index (χ2v) is 7.78. The lowest BCUT2D eigenvalue weighted by Gasteiger charge is -2.43. The van der Waals surface area contributed by atoms with Crippen LogP contribution in [0, 0.1) is 5.92 Å². The first-order valence-corrected chi connectivity index (χ1v) is 8.95. The molecule has 0 unspecified atom stereocenters. The van der Waals surface area contributed by atoms with Gasteiger partial charge in [0.2, 0.25) is 0 Å². The van der Waals surface area contributed by atoms with Gasteiger partial charge in [-0.2, -0.15) is 0 Å². The van der Waals surface area contributed by atoms with Crippen molar-refractivity contribution < 1.29 is 5.11 Å². The molecule has 0 spiro atoms. The van der Waals surface area contributed by atoms with Gasteiger partial charge in [-0.1, -0.05) is 6.42 Å². The molecule has 3 rings (SSSR count). The Labute approximate surface area is 139 Å². The molecule has 0 amide bonds. The molecule has 2 saturated heterocycles. The first-order valence-electron chi connectivity index (χ1n) is 8.95. The molecule has 0 bridgehead atoms. The van der Waals surface area contributed by atoms with Crippen LogP contribution in [0.1, 0.15) is 38.8 Å². The average Bonchev–Trinajstić information content (AvgIpc) is 2.88. The van der Waals surface area contributed by atoms with Crippen molar-refractivity contribution in [1.29, 1.82) is 0 Å². The van der Waals surface area contributed by atoms with Gasteiger partial charge in [-0.05, 0) is 46.2 Å². The van der Waals surface area contributed by atoms with E-state index in [-0.39, 0.29) is 17.6 Å². The summed E-state index contributed by atoms with van der Waals surface area (Å²) >= 11 is 0. The minimum absolute atomic E-state index is 0.182. The highest BCUT2D eigenvalue weighted by molar-refractivity contribution is 5.00. The molecular formula is C18H30N4O. The Bertz CT molecular complexity index is 487. The Kier molecular flexibility index (Phi) is 5.29. The second kappa shape index (κ2) is 7.24. The first-order chi connectivity index (χ1) is 11.0. The Morgan fingerprint density at radius 2 is 1.96 bits per heavy atom. The van der Waals surface area contributed by atoms with Crippen molar-refractivity contribution in [1.82, 2.24) is 19.8 Å². The summed E-state index contributed by atoms with van der Waals surface area (Å²) in [5.41, 5.74) is 1.16. The second-order valence-electron chi connectivity index (χ2n) is 7.78. The van der Waals surface area contributed by atoms with E-state index in [1.54, 1.807) is 12.4 Å². The van der Waals surface area contributed by atoms with E-state index in [0.717, 1.165) is 31.7 Å². The fourth-order valence-electron chi connectivity index (χ4n) is 4.12. The van der Waals surface area contributed by atoms with Crippen molar-refractivity contribution in [3.05, 3.63) is 24.3 Å². The van der Waals surface area contributed by atoms with E-state index in [4.69, 9.17) is 0 Å².